The molecule has 0 saturated carbocycles. The van der Waals surface area contributed by atoms with Crippen molar-refractivity contribution in [1.29, 1.82) is 0 Å². The molecule has 48 heavy (non-hydrogen) atoms. The van der Waals surface area contributed by atoms with E-state index in [9.17, 15) is 35.6 Å². The van der Waals surface area contributed by atoms with Crippen molar-refractivity contribution in [2.45, 2.75) is 44.2 Å². The monoisotopic (exact) mass is 703 g/mol. The highest BCUT2D eigenvalue weighted by molar-refractivity contribution is 7.89. The summed E-state index contributed by atoms with van der Waals surface area (Å²) in [5, 5.41) is 12.6. The Kier molecular flexibility index (Phi) is 14.1. The molecule has 0 aliphatic carbocycles. The number of amides is 2. The van der Waals surface area contributed by atoms with E-state index in [-0.39, 0.29) is 34.8 Å². The van der Waals surface area contributed by atoms with Gasteiger partial charge in [-0.3, -0.25) is 9.59 Å². The van der Waals surface area contributed by atoms with Gasteiger partial charge in [0.05, 0.1) is 29.2 Å². The fraction of sp³-hybridized carbons (Fsp3) is 0.516. The molecule has 0 bridgehead atoms. The number of likely N-dealkylation sites (N-methyl/N-ethyl adjacent to an activating group) is 1. The van der Waals surface area contributed by atoms with Crippen LogP contribution < -0.4 is 15.5 Å². The first-order chi connectivity index (χ1) is 22.7. The van der Waals surface area contributed by atoms with Gasteiger partial charge in [0.2, 0.25) is 10.0 Å². The summed E-state index contributed by atoms with van der Waals surface area (Å²) in [4.78, 5) is 39.2. The van der Waals surface area contributed by atoms with E-state index in [1.807, 2.05) is 13.8 Å². The number of piperidine rings is 1. The molecule has 0 radical (unpaired) electrons. The lowest BCUT2D eigenvalue weighted by Crippen LogP contribution is -2.40. The molecule has 17 heteroatoms. The molecule has 2 aromatic carbocycles. The Labute approximate surface area is 277 Å². The van der Waals surface area contributed by atoms with Gasteiger partial charge in [0.15, 0.2) is 0 Å². The van der Waals surface area contributed by atoms with Crippen LogP contribution in [-0.4, -0.2) is 112 Å². The number of alkyl halides is 3. The van der Waals surface area contributed by atoms with Crippen molar-refractivity contribution in [2.24, 2.45) is 0 Å². The third-order valence-corrected chi connectivity index (χ3v) is 9.73. The fourth-order valence-electron chi connectivity index (χ4n) is 5.14. The van der Waals surface area contributed by atoms with Gasteiger partial charge in [-0.25, -0.2) is 17.6 Å². The highest BCUT2D eigenvalue weighted by Crippen LogP contribution is 2.29. The number of halogens is 4. The molecule has 3 N–H and O–H groups in total. The predicted molar refractivity (Wildman–Crippen MR) is 170 cm³/mol. The lowest BCUT2D eigenvalue weighted by atomic mass is 10.1. The molecule has 0 spiro atoms. The average Bonchev–Trinajstić information content (AvgIpc) is 3.07. The highest BCUT2D eigenvalue weighted by Gasteiger charge is 2.38. The van der Waals surface area contributed by atoms with Crippen LogP contribution >= 0.6 is 0 Å². The summed E-state index contributed by atoms with van der Waals surface area (Å²) in [6.07, 6.45) is -2.05. The molecular formula is C31H41F4N5O7S. The van der Waals surface area contributed by atoms with Crippen molar-refractivity contribution in [1.82, 2.24) is 14.5 Å². The zero-order valence-electron chi connectivity index (χ0n) is 26.8. The Balaban J connectivity index is 0.000000804. The summed E-state index contributed by atoms with van der Waals surface area (Å²) in [6.45, 7) is 9.45. The minimum atomic E-state index is -5.08. The maximum Gasteiger partial charge on any atom is 0.490 e. The van der Waals surface area contributed by atoms with Crippen LogP contribution in [-0.2, 0) is 19.6 Å². The van der Waals surface area contributed by atoms with Crippen molar-refractivity contribution in [3.8, 4) is 0 Å². The van der Waals surface area contributed by atoms with Gasteiger partial charge in [-0.05, 0) is 68.8 Å². The van der Waals surface area contributed by atoms with Crippen molar-refractivity contribution >= 4 is 39.2 Å². The van der Waals surface area contributed by atoms with Crippen LogP contribution in [0.4, 0.5) is 28.9 Å². The van der Waals surface area contributed by atoms with E-state index < -0.39 is 39.8 Å². The van der Waals surface area contributed by atoms with E-state index in [2.05, 4.69) is 20.4 Å². The minimum absolute atomic E-state index is 0.0215. The van der Waals surface area contributed by atoms with Crippen molar-refractivity contribution in [3.05, 3.63) is 53.3 Å². The Hall–Kier alpha value is -3.80. The van der Waals surface area contributed by atoms with Crippen LogP contribution in [0.15, 0.2) is 41.3 Å². The summed E-state index contributed by atoms with van der Waals surface area (Å²) in [5.74, 6) is -4.60. The molecule has 0 aromatic heterocycles. The summed E-state index contributed by atoms with van der Waals surface area (Å²) >= 11 is 0. The first kappa shape index (κ1) is 38.6. The molecule has 0 atom stereocenters. The third-order valence-electron chi connectivity index (χ3n) is 7.84. The number of carbonyl (C=O) groups excluding carboxylic acids is 2. The SMILES string of the molecule is CCN(CC)CCNC(=O)c1ccc(NC(=O)c2cc(S(=O)(=O)N3CCOCC3)ccc2N2CCCCC2)cc1F.O=C(O)C(F)(F)F. The summed E-state index contributed by atoms with van der Waals surface area (Å²) < 4.78 is 80.0. The van der Waals surface area contributed by atoms with Crippen LogP contribution in [0.25, 0.3) is 0 Å². The van der Waals surface area contributed by atoms with Crippen LogP contribution in [0.2, 0.25) is 0 Å². The number of carboxylic acid groups (broad SMARTS) is 1. The Morgan fingerprint density at radius 1 is 0.917 bits per heavy atom. The van der Waals surface area contributed by atoms with Crippen LogP contribution in [0.5, 0.6) is 0 Å². The van der Waals surface area contributed by atoms with Gasteiger partial charge in [0, 0.05) is 50.6 Å². The van der Waals surface area contributed by atoms with Crippen molar-refractivity contribution < 1.29 is 50.2 Å². The smallest absolute Gasteiger partial charge is 0.475 e. The van der Waals surface area contributed by atoms with Gasteiger partial charge < -0.3 is 30.3 Å². The first-order valence-corrected chi connectivity index (χ1v) is 17.0. The number of sulfonamides is 1. The van der Waals surface area contributed by atoms with Crippen molar-refractivity contribution in [3.63, 3.8) is 0 Å². The summed E-state index contributed by atoms with van der Waals surface area (Å²) in [7, 11) is -3.83. The fourth-order valence-corrected chi connectivity index (χ4v) is 6.58. The van der Waals surface area contributed by atoms with Gasteiger partial charge in [-0.2, -0.15) is 17.5 Å². The number of anilines is 2. The molecule has 2 aromatic rings. The van der Waals surface area contributed by atoms with Crippen LogP contribution in [0.1, 0.15) is 53.8 Å². The number of hydrogen-bond donors (Lipinski definition) is 3. The quantitative estimate of drug-likeness (QED) is 0.298. The number of carbonyl (C=O) groups is 3. The van der Waals surface area contributed by atoms with E-state index >= 15 is 0 Å². The number of benzene rings is 2. The van der Waals surface area contributed by atoms with Gasteiger partial charge in [0.25, 0.3) is 11.8 Å². The van der Waals surface area contributed by atoms with E-state index in [4.69, 9.17) is 14.6 Å². The molecule has 2 aliphatic rings. The zero-order chi connectivity index (χ0) is 35.5. The summed E-state index contributed by atoms with van der Waals surface area (Å²) in [5.41, 5.74) is 0.876. The topological polar surface area (TPSA) is 149 Å². The molecule has 4 rings (SSSR count). The predicted octanol–water partition coefficient (Wildman–Crippen LogP) is 3.79. The van der Waals surface area contributed by atoms with Gasteiger partial charge in [-0.15, -0.1) is 0 Å². The molecule has 12 nitrogen and oxygen atoms in total. The number of carboxylic acids is 1. The number of nitrogens with one attached hydrogen (secondary N) is 2. The number of ether oxygens (including phenoxy) is 1. The minimum Gasteiger partial charge on any atom is -0.475 e. The molecule has 2 fully saturated rings. The van der Waals surface area contributed by atoms with E-state index in [1.54, 1.807) is 12.1 Å². The molecule has 266 valence electrons. The highest BCUT2D eigenvalue weighted by atomic mass is 32.2. The van der Waals surface area contributed by atoms with E-state index in [1.165, 1.54) is 22.5 Å². The molecule has 2 saturated heterocycles. The van der Waals surface area contributed by atoms with Crippen LogP contribution in [0, 0.1) is 5.82 Å². The first-order valence-electron chi connectivity index (χ1n) is 15.6. The molecule has 2 aliphatic heterocycles. The van der Waals surface area contributed by atoms with E-state index in [0.717, 1.165) is 51.5 Å². The average molecular weight is 704 g/mol. The van der Waals surface area contributed by atoms with Crippen LogP contribution in [0.3, 0.4) is 0 Å². The van der Waals surface area contributed by atoms with Gasteiger partial charge in [-0.1, -0.05) is 13.8 Å². The molecule has 2 heterocycles. The molecular weight excluding hydrogens is 662 g/mol. The maximum atomic E-state index is 14.9. The van der Waals surface area contributed by atoms with Gasteiger partial charge in [0.1, 0.15) is 5.82 Å². The largest absolute Gasteiger partial charge is 0.490 e. The number of hydrogen-bond acceptors (Lipinski definition) is 8. The lowest BCUT2D eigenvalue weighted by Gasteiger charge is -2.31. The maximum absolute atomic E-state index is 14.9. The Morgan fingerprint density at radius 2 is 1.54 bits per heavy atom. The standard InChI is InChI=1S/C29H40FN5O5S.C2HF3O2/c1-3-33(4-2)15-12-31-28(36)24-10-8-22(20-26(24)30)32-29(37)25-21-23(41(38,39)35-16-18-40-19-17-35)9-11-27(25)34-13-6-5-7-14-34;3-2(4,5)1(6)7/h8-11,20-21H,3-7,12-19H2,1-2H3,(H,31,36)(H,32,37);(H,6,7). The number of aliphatic carboxylic acids is 1. The Morgan fingerprint density at radius 3 is 2.10 bits per heavy atom. The van der Waals surface area contributed by atoms with E-state index in [0.29, 0.717) is 32.0 Å². The second-order valence-electron chi connectivity index (χ2n) is 11.0. The number of nitrogens with zero attached hydrogens (tertiary/aromatic N) is 3. The Bertz CT molecular complexity index is 1530. The lowest BCUT2D eigenvalue weighted by molar-refractivity contribution is -0.192. The number of morpholine rings is 1. The normalized spacial score (nSPS) is 15.8. The number of rotatable bonds is 11. The summed E-state index contributed by atoms with van der Waals surface area (Å²) in [6, 6.07) is 8.53. The third kappa shape index (κ3) is 10.6. The zero-order valence-corrected chi connectivity index (χ0v) is 27.6. The van der Waals surface area contributed by atoms with Gasteiger partial charge >= 0.3 is 12.1 Å². The second-order valence-corrected chi connectivity index (χ2v) is 12.9. The second kappa shape index (κ2) is 17.6. The molecule has 0 unspecified atom stereocenters. The molecule has 2 amide bonds. The van der Waals surface area contributed by atoms with Crippen molar-refractivity contribution in [2.75, 3.05) is 75.8 Å².